The fraction of sp³-hybridized carbons (Fsp3) is 0.923. The highest BCUT2D eigenvalue weighted by Crippen LogP contribution is 2.25. The number of hydrogen-bond donors (Lipinski definition) is 1. The highest BCUT2D eigenvalue weighted by molar-refractivity contribution is 5.80. The number of unbranched alkanes of at least 4 members (excludes halogenated alkanes) is 3. The van der Waals surface area contributed by atoms with Crippen molar-refractivity contribution >= 4 is 5.78 Å². The van der Waals surface area contributed by atoms with E-state index >= 15 is 0 Å². The van der Waals surface area contributed by atoms with Crippen LogP contribution in [0.4, 0.5) is 0 Å². The minimum absolute atomic E-state index is 0.410. The third kappa shape index (κ3) is 5.31. The van der Waals surface area contributed by atoms with Gasteiger partial charge in [-0.25, -0.2) is 0 Å². The van der Waals surface area contributed by atoms with Crippen LogP contribution in [0.5, 0.6) is 0 Å². The Balaban J connectivity index is 2.02. The zero-order valence-electron chi connectivity index (χ0n) is 9.84. The lowest BCUT2D eigenvalue weighted by Crippen LogP contribution is -2.17. The van der Waals surface area contributed by atoms with Crippen LogP contribution < -0.4 is 5.73 Å². The van der Waals surface area contributed by atoms with Gasteiger partial charge in [-0.2, -0.15) is 0 Å². The van der Waals surface area contributed by atoms with Crippen molar-refractivity contribution in [2.45, 2.75) is 64.2 Å². The summed E-state index contributed by atoms with van der Waals surface area (Å²) in [5.41, 5.74) is 5.42. The summed E-state index contributed by atoms with van der Waals surface area (Å²) in [4.78, 5) is 11.8. The quantitative estimate of drug-likeness (QED) is 0.658. The van der Waals surface area contributed by atoms with E-state index < -0.39 is 0 Å². The molecular formula is C13H25NO. The molecule has 1 fully saturated rings. The molecule has 1 aliphatic carbocycles. The lowest BCUT2D eigenvalue weighted by molar-refractivity contribution is -0.123. The van der Waals surface area contributed by atoms with Crippen LogP contribution in [0.25, 0.3) is 0 Å². The van der Waals surface area contributed by atoms with E-state index in [1.165, 1.54) is 32.1 Å². The molecule has 15 heavy (non-hydrogen) atoms. The number of carbonyl (C=O) groups is 1. The van der Waals surface area contributed by atoms with Crippen LogP contribution in [0.15, 0.2) is 0 Å². The summed E-state index contributed by atoms with van der Waals surface area (Å²) in [6.07, 6.45) is 11.5. The molecule has 0 heterocycles. The Hall–Kier alpha value is -0.370. The summed E-state index contributed by atoms with van der Waals surface area (Å²) in [6.45, 7) is 0.788. The van der Waals surface area contributed by atoms with Crippen LogP contribution in [-0.4, -0.2) is 12.3 Å². The van der Waals surface area contributed by atoms with Gasteiger partial charge in [0.1, 0.15) is 5.78 Å². The maximum Gasteiger partial charge on any atom is 0.135 e. The van der Waals surface area contributed by atoms with Crippen molar-refractivity contribution in [3.8, 4) is 0 Å². The summed E-state index contributed by atoms with van der Waals surface area (Å²) in [5.74, 6) is 0.940. The molecule has 1 rings (SSSR count). The van der Waals surface area contributed by atoms with Crippen molar-refractivity contribution in [2.75, 3.05) is 6.54 Å². The summed E-state index contributed by atoms with van der Waals surface area (Å²) in [5, 5.41) is 0. The first-order chi connectivity index (χ1) is 7.34. The Labute approximate surface area is 93.6 Å². The summed E-state index contributed by atoms with van der Waals surface area (Å²) in [7, 11) is 0. The van der Waals surface area contributed by atoms with Crippen LogP contribution in [0.2, 0.25) is 0 Å². The Morgan fingerprint density at radius 3 is 2.33 bits per heavy atom. The zero-order chi connectivity index (χ0) is 10.9. The van der Waals surface area contributed by atoms with Crippen molar-refractivity contribution in [1.82, 2.24) is 0 Å². The van der Waals surface area contributed by atoms with Gasteiger partial charge in [-0.05, 0) is 32.2 Å². The summed E-state index contributed by atoms with van der Waals surface area (Å²) < 4.78 is 0. The lowest BCUT2D eigenvalue weighted by atomic mass is 9.84. The largest absolute Gasteiger partial charge is 0.330 e. The molecule has 1 aliphatic rings. The van der Waals surface area contributed by atoms with Crippen LogP contribution >= 0.6 is 0 Å². The van der Waals surface area contributed by atoms with Gasteiger partial charge in [-0.3, -0.25) is 4.79 Å². The van der Waals surface area contributed by atoms with Crippen molar-refractivity contribution in [3.63, 3.8) is 0 Å². The molecule has 0 atom stereocenters. The van der Waals surface area contributed by atoms with E-state index in [0.717, 1.165) is 38.6 Å². The Kier molecular flexibility index (Phi) is 6.66. The van der Waals surface area contributed by atoms with Crippen molar-refractivity contribution < 1.29 is 4.79 Å². The molecule has 0 radical (unpaired) electrons. The average molecular weight is 211 g/mol. The second-order valence-electron chi connectivity index (χ2n) is 4.75. The SMILES string of the molecule is NCCCCCCC(=O)C1CCCCC1. The van der Waals surface area contributed by atoms with E-state index in [4.69, 9.17) is 5.73 Å². The fourth-order valence-corrected chi connectivity index (χ4v) is 2.43. The molecule has 2 nitrogen and oxygen atoms in total. The van der Waals surface area contributed by atoms with Crippen molar-refractivity contribution in [3.05, 3.63) is 0 Å². The zero-order valence-corrected chi connectivity index (χ0v) is 9.84. The van der Waals surface area contributed by atoms with E-state index in [1.54, 1.807) is 0 Å². The third-order valence-corrected chi connectivity index (χ3v) is 3.44. The number of rotatable bonds is 7. The number of carbonyl (C=O) groups excluding carboxylic acids is 1. The lowest BCUT2D eigenvalue weighted by Gasteiger charge is -2.20. The van der Waals surface area contributed by atoms with Crippen LogP contribution in [0, 0.1) is 5.92 Å². The van der Waals surface area contributed by atoms with Crippen LogP contribution in [0.1, 0.15) is 64.2 Å². The smallest absolute Gasteiger partial charge is 0.135 e. The molecule has 2 N–H and O–H groups in total. The normalized spacial score (nSPS) is 17.9. The van der Waals surface area contributed by atoms with E-state index in [9.17, 15) is 4.79 Å². The van der Waals surface area contributed by atoms with E-state index in [0.29, 0.717) is 11.7 Å². The Morgan fingerprint density at radius 1 is 1.00 bits per heavy atom. The Morgan fingerprint density at radius 2 is 1.67 bits per heavy atom. The van der Waals surface area contributed by atoms with Gasteiger partial charge >= 0.3 is 0 Å². The molecule has 88 valence electrons. The monoisotopic (exact) mass is 211 g/mol. The molecule has 0 aromatic carbocycles. The topological polar surface area (TPSA) is 43.1 Å². The molecule has 0 bridgehead atoms. The first-order valence-electron chi connectivity index (χ1n) is 6.57. The van der Waals surface area contributed by atoms with E-state index in [1.807, 2.05) is 0 Å². The summed E-state index contributed by atoms with van der Waals surface area (Å²) in [6, 6.07) is 0. The molecule has 0 amide bonds. The molecule has 0 aromatic heterocycles. The number of Topliss-reactive ketones (excluding diaryl/α,β-unsaturated/α-hetero) is 1. The molecule has 1 saturated carbocycles. The third-order valence-electron chi connectivity index (χ3n) is 3.44. The molecular weight excluding hydrogens is 186 g/mol. The van der Waals surface area contributed by atoms with E-state index in [2.05, 4.69) is 0 Å². The van der Waals surface area contributed by atoms with Crippen LogP contribution in [-0.2, 0) is 4.79 Å². The van der Waals surface area contributed by atoms with Gasteiger partial charge in [0.15, 0.2) is 0 Å². The minimum Gasteiger partial charge on any atom is -0.330 e. The average Bonchev–Trinajstić information content (AvgIpc) is 2.30. The first kappa shape index (κ1) is 12.7. The van der Waals surface area contributed by atoms with Gasteiger partial charge in [0.25, 0.3) is 0 Å². The molecule has 0 saturated heterocycles. The van der Waals surface area contributed by atoms with Crippen molar-refractivity contribution in [1.29, 1.82) is 0 Å². The van der Waals surface area contributed by atoms with Gasteiger partial charge in [0.05, 0.1) is 0 Å². The van der Waals surface area contributed by atoms with Gasteiger partial charge in [-0.1, -0.05) is 32.1 Å². The highest BCUT2D eigenvalue weighted by atomic mass is 16.1. The minimum atomic E-state index is 0.410. The number of ketones is 1. The number of nitrogens with two attached hydrogens (primary N) is 1. The van der Waals surface area contributed by atoms with Gasteiger partial charge in [0, 0.05) is 12.3 Å². The number of hydrogen-bond acceptors (Lipinski definition) is 2. The maximum atomic E-state index is 11.8. The van der Waals surface area contributed by atoms with Gasteiger partial charge < -0.3 is 5.73 Å². The predicted octanol–water partition coefficient (Wildman–Crippen LogP) is 3.05. The van der Waals surface area contributed by atoms with Gasteiger partial charge in [0.2, 0.25) is 0 Å². The van der Waals surface area contributed by atoms with Crippen molar-refractivity contribution in [2.24, 2.45) is 11.7 Å². The maximum absolute atomic E-state index is 11.8. The van der Waals surface area contributed by atoms with Crippen LogP contribution in [0.3, 0.4) is 0 Å². The highest BCUT2D eigenvalue weighted by Gasteiger charge is 2.19. The van der Waals surface area contributed by atoms with E-state index in [-0.39, 0.29) is 0 Å². The predicted molar refractivity (Wildman–Crippen MR) is 63.7 cm³/mol. The molecule has 2 heteroatoms. The Bertz CT molecular complexity index is 173. The standard InChI is InChI=1S/C13H25NO/c14-11-7-2-1-6-10-13(15)12-8-4-3-5-9-12/h12H,1-11,14H2. The molecule has 0 spiro atoms. The second-order valence-corrected chi connectivity index (χ2v) is 4.75. The summed E-state index contributed by atoms with van der Waals surface area (Å²) >= 11 is 0. The molecule has 0 unspecified atom stereocenters. The molecule has 0 aromatic rings. The fourth-order valence-electron chi connectivity index (χ4n) is 2.43. The second kappa shape index (κ2) is 7.86. The molecule has 0 aliphatic heterocycles. The first-order valence-corrected chi connectivity index (χ1v) is 6.57. The van der Waals surface area contributed by atoms with Gasteiger partial charge in [-0.15, -0.1) is 0 Å².